The fourth-order valence-electron chi connectivity index (χ4n) is 4.61. The highest BCUT2D eigenvalue weighted by molar-refractivity contribution is 7.92. The number of sulfonamides is 1. The van der Waals surface area contributed by atoms with Crippen LogP contribution in [0.25, 0.3) is 0 Å². The number of hydrogen-bond donors (Lipinski definition) is 1. The highest BCUT2D eigenvalue weighted by atomic mass is 32.2. The molecule has 2 aromatic carbocycles. The average molecular weight is 500 g/mol. The van der Waals surface area contributed by atoms with E-state index in [0.717, 1.165) is 31.5 Å². The molecule has 1 N–H and O–H groups in total. The van der Waals surface area contributed by atoms with Crippen molar-refractivity contribution in [3.8, 4) is 5.75 Å². The van der Waals surface area contributed by atoms with Gasteiger partial charge in [-0.05, 0) is 68.0 Å². The summed E-state index contributed by atoms with van der Waals surface area (Å²) in [5.41, 5.74) is 1.89. The van der Waals surface area contributed by atoms with Crippen LogP contribution in [0.5, 0.6) is 5.75 Å². The molecule has 0 saturated carbocycles. The average Bonchev–Trinajstić information content (AvgIpc) is 3.27. The van der Waals surface area contributed by atoms with E-state index >= 15 is 0 Å². The van der Waals surface area contributed by atoms with E-state index in [9.17, 15) is 18.0 Å². The zero-order valence-electron chi connectivity index (χ0n) is 20.3. The molecule has 0 unspecified atom stereocenters. The molecule has 0 aliphatic carbocycles. The number of carbonyl (C=O) groups excluding carboxylic acids is 2. The van der Waals surface area contributed by atoms with Gasteiger partial charge in [0.05, 0.1) is 17.2 Å². The van der Waals surface area contributed by atoms with E-state index < -0.39 is 10.0 Å². The number of nitrogens with zero attached hydrogens (tertiary/aromatic N) is 2. The lowest BCUT2D eigenvalue weighted by atomic mass is 9.99. The number of fused-ring (bicyclic) bond motifs is 1. The molecule has 9 heteroatoms. The molecule has 2 aromatic rings. The number of hydrogen-bond acceptors (Lipinski definition) is 5. The number of likely N-dealkylation sites (tertiary alicyclic amines) is 1. The van der Waals surface area contributed by atoms with Crippen LogP contribution in [0.2, 0.25) is 0 Å². The van der Waals surface area contributed by atoms with Crippen molar-refractivity contribution in [3.05, 3.63) is 48.0 Å². The van der Waals surface area contributed by atoms with Crippen molar-refractivity contribution in [1.29, 1.82) is 0 Å². The number of nitrogens with one attached hydrogen (secondary N) is 1. The minimum atomic E-state index is -3.83. The third-order valence-corrected chi connectivity index (χ3v) is 8.04. The molecule has 0 spiro atoms. The summed E-state index contributed by atoms with van der Waals surface area (Å²) in [6, 6.07) is 11.7. The van der Waals surface area contributed by atoms with Gasteiger partial charge in [0.15, 0.2) is 0 Å². The van der Waals surface area contributed by atoms with Gasteiger partial charge in [0.25, 0.3) is 10.0 Å². The molecule has 2 heterocycles. The van der Waals surface area contributed by atoms with Gasteiger partial charge in [0.1, 0.15) is 5.75 Å². The van der Waals surface area contributed by atoms with E-state index in [1.54, 1.807) is 41.3 Å². The minimum absolute atomic E-state index is 0.0320. The fourth-order valence-corrected chi connectivity index (χ4v) is 5.73. The minimum Gasteiger partial charge on any atom is -0.492 e. The topological polar surface area (TPSA) is 96.0 Å². The molecule has 2 aliphatic heterocycles. The summed E-state index contributed by atoms with van der Waals surface area (Å²) < 4.78 is 34.2. The number of amides is 2. The Balaban J connectivity index is 1.41. The van der Waals surface area contributed by atoms with E-state index in [1.165, 1.54) is 6.07 Å². The fraction of sp³-hybridized carbons (Fsp3) is 0.462. The van der Waals surface area contributed by atoms with Gasteiger partial charge in [0, 0.05) is 38.2 Å². The van der Waals surface area contributed by atoms with Crippen LogP contribution >= 0.6 is 0 Å². The third kappa shape index (κ3) is 5.78. The normalized spacial score (nSPS) is 16.2. The van der Waals surface area contributed by atoms with Crippen molar-refractivity contribution in [2.24, 2.45) is 5.92 Å². The van der Waals surface area contributed by atoms with Gasteiger partial charge in [-0.2, -0.15) is 0 Å². The Labute approximate surface area is 207 Å². The molecule has 35 heavy (non-hydrogen) atoms. The first-order valence-electron chi connectivity index (χ1n) is 12.2. The van der Waals surface area contributed by atoms with Crippen LogP contribution in [0.3, 0.4) is 0 Å². The predicted molar refractivity (Wildman–Crippen MR) is 135 cm³/mol. The first-order valence-corrected chi connectivity index (χ1v) is 13.7. The third-order valence-electron chi connectivity index (χ3n) is 6.68. The Morgan fingerprint density at radius 3 is 2.49 bits per heavy atom. The second-order valence-electron chi connectivity index (χ2n) is 9.18. The van der Waals surface area contributed by atoms with Crippen LogP contribution in [0.15, 0.2) is 47.4 Å². The lowest BCUT2D eigenvalue weighted by Crippen LogP contribution is -2.38. The maximum absolute atomic E-state index is 13.0. The molecule has 2 amide bonds. The van der Waals surface area contributed by atoms with Crippen LogP contribution < -0.4 is 14.4 Å². The lowest BCUT2D eigenvalue weighted by molar-refractivity contribution is -0.134. The number of carbonyl (C=O) groups is 2. The first-order chi connectivity index (χ1) is 16.8. The quantitative estimate of drug-likeness (QED) is 0.596. The molecule has 1 fully saturated rings. The van der Waals surface area contributed by atoms with Gasteiger partial charge in [-0.1, -0.05) is 19.1 Å². The molecular weight excluding hydrogens is 466 g/mol. The summed E-state index contributed by atoms with van der Waals surface area (Å²) in [6.45, 7) is 6.46. The first kappa shape index (κ1) is 25.0. The zero-order valence-corrected chi connectivity index (χ0v) is 21.1. The maximum atomic E-state index is 13.0. The Kier molecular flexibility index (Phi) is 7.64. The SMILES string of the molecule is CCOc1ccccc1NS(=O)(=O)c1ccc2c(c1)CCN2C(=O)CCC(=O)N1CCC(C)CC1. The monoisotopic (exact) mass is 499 g/mol. The molecular formula is C26H33N3O5S. The highest BCUT2D eigenvalue weighted by Gasteiger charge is 2.28. The van der Waals surface area contributed by atoms with Gasteiger partial charge in [-0.15, -0.1) is 0 Å². The van der Waals surface area contributed by atoms with E-state index in [-0.39, 0.29) is 29.6 Å². The van der Waals surface area contributed by atoms with Gasteiger partial charge < -0.3 is 14.5 Å². The van der Waals surface area contributed by atoms with Gasteiger partial charge in [0.2, 0.25) is 11.8 Å². The molecule has 0 atom stereocenters. The molecule has 8 nitrogen and oxygen atoms in total. The Morgan fingerprint density at radius 1 is 1.03 bits per heavy atom. The van der Waals surface area contributed by atoms with E-state index in [2.05, 4.69) is 11.6 Å². The Morgan fingerprint density at radius 2 is 1.74 bits per heavy atom. The van der Waals surface area contributed by atoms with E-state index in [1.807, 2.05) is 11.8 Å². The summed E-state index contributed by atoms with van der Waals surface area (Å²) in [5, 5.41) is 0. The standard InChI is InChI=1S/C26H33N3O5S/c1-3-34-24-7-5-4-6-22(24)27-35(32,33)21-8-9-23-20(18-21)14-17-29(23)26(31)11-10-25(30)28-15-12-19(2)13-16-28/h4-9,18-19,27H,3,10-17H2,1-2H3. The van der Waals surface area contributed by atoms with Crippen molar-refractivity contribution in [2.75, 3.05) is 35.9 Å². The maximum Gasteiger partial charge on any atom is 0.262 e. The highest BCUT2D eigenvalue weighted by Crippen LogP contribution is 2.32. The number of para-hydroxylation sites is 2. The molecule has 2 aliphatic rings. The zero-order chi connectivity index (χ0) is 25.0. The summed E-state index contributed by atoms with van der Waals surface area (Å²) >= 11 is 0. The molecule has 4 rings (SSSR count). The number of anilines is 2. The van der Waals surface area contributed by atoms with Crippen LogP contribution in [0.1, 0.15) is 45.1 Å². The lowest BCUT2D eigenvalue weighted by Gasteiger charge is -2.30. The number of ether oxygens (including phenoxy) is 1. The summed E-state index contributed by atoms with van der Waals surface area (Å²) in [7, 11) is -3.83. The van der Waals surface area contributed by atoms with Crippen molar-refractivity contribution in [2.45, 2.75) is 50.8 Å². The van der Waals surface area contributed by atoms with Crippen molar-refractivity contribution < 1.29 is 22.7 Å². The van der Waals surface area contributed by atoms with Crippen molar-refractivity contribution in [3.63, 3.8) is 0 Å². The van der Waals surface area contributed by atoms with Crippen LogP contribution in [0.4, 0.5) is 11.4 Å². The smallest absolute Gasteiger partial charge is 0.262 e. The number of piperidine rings is 1. The second-order valence-corrected chi connectivity index (χ2v) is 10.9. The van der Waals surface area contributed by atoms with Gasteiger partial charge in [-0.3, -0.25) is 14.3 Å². The summed E-state index contributed by atoms with van der Waals surface area (Å²) in [5.74, 6) is 1.03. The number of benzene rings is 2. The molecule has 0 radical (unpaired) electrons. The van der Waals surface area contributed by atoms with Gasteiger partial charge in [-0.25, -0.2) is 8.42 Å². The molecule has 188 valence electrons. The van der Waals surface area contributed by atoms with Crippen LogP contribution in [0, 0.1) is 5.92 Å². The van der Waals surface area contributed by atoms with E-state index in [0.29, 0.717) is 42.6 Å². The van der Waals surface area contributed by atoms with Crippen molar-refractivity contribution in [1.82, 2.24) is 4.90 Å². The van der Waals surface area contributed by atoms with Gasteiger partial charge >= 0.3 is 0 Å². The van der Waals surface area contributed by atoms with Crippen LogP contribution in [-0.2, 0) is 26.0 Å². The second kappa shape index (κ2) is 10.7. The largest absolute Gasteiger partial charge is 0.492 e. The molecule has 0 bridgehead atoms. The summed E-state index contributed by atoms with van der Waals surface area (Å²) in [4.78, 5) is 29.0. The predicted octanol–water partition coefficient (Wildman–Crippen LogP) is 3.81. The van der Waals surface area contributed by atoms with E-state index in [4.69, 9.17) is 4.74 Å². The Hall–Kier alpha value is -3.07. The Bertz CT molecular complexity index is 1190. The number of rotatable bonds is 8. The molecule has 0 aromatic heterocycles. The molecule has 1 saturated heterocycles. The van der Waals surface area contributed by atoms with Crippen molar-refractivity contribution >= 4 is 33.2 Å². The van der Waals surface area contributed by atoms with Crippen LogP contribution in [-0.4, -0.2) is 51.4 Å². The summed E-state index contributed by atoms with van der Waals surface area (Å²) in [6.07, 6.45) is 2.94.